The van der Waals surface area contributed by atoms with Crippen LogP contribution in [0.4, 0.5) is 5.69 Å². The molecule has 1 N–H and O–H groups in total. The van der Waals surface area contributed by atoms with Gasteiger partial charge in [-0.1, -0.05) is 66.4 Å². The largest absolute Gasteiger partial charge is 0.423 e. The van der Waals surface area contributed by atoms with E-state index in [2.05, 4.69) is 40.3 Å². The van der Waals surface area contributed by atoms with Crippen molar-refractivity contribution in [3.8, 4) is 23.0 Å². The van der Waals surface area contributed by atoms with E-state index in [1.54, 1.807) is 6.07 Å². The molecule has 0 bridgehead atoms. The van der Waals surface area contributed by atoms with Crippen molar-refractivity contribution < 1.29 is 4.42 Å². The molecule has 3 aromatic carbocycles. The standard InChI is InChI=1S/C29H26N2O2/c32-29-21-27(26-20-24(13-14-28(26)33-29)23-11-5-2-6-12-23)30-25-15-18-31(19-16-25)17-7-10-22-8-3-1-4-9-22/h1-6,8-9,11-14,20-21,25,30H,15-19H2. The lowest BCUT2D eigenvalue weighted by Gasteiger charge is -2.31. The van der Waals surface area contributed by atoms with Crippen LogP contribution < -0.4 is 10.9 Å². The van der Waals surface area contributed by atoms with E-state index in [4.69, 9.17) is 4.42 Å². The second-order valence-corrected chi connectivity index (χ2v) is 8.42. The Bertz CT molecular complexity index is 1340. The number of hydrogen-bond acceptors (Lipinski definition) is 4. The summed E-state index contributed by atoms with van der Waals surface area (Å²) in [6.45, 7) is 2.74. The molecule has 1 aromatic heterocycles. The van der Waals surface area contributed by atoms with Gasteiger partial charge in [-0.2, -0.15) is 0 Å². The van der Waals surface area contributed by atoms with Crippen molar-refractivity contribution in [3.63, 3.8) is 0 Å². The first-order valence-electron chi connectivity index (χ1n) is 11.4. The van der Waals surface area contributed by atoms with E-state index in [9.17, 15) is 4.79 Å². The van der Waals surface area contributed by atoms with E-state index in [0.717, 1.165) is 60.2 Å². The third kappa shape index (κ3) is 5.16. The fraction of sp³-hybridized carbons (Fsp3) is 0.207. The van der Waals surface area contributed by atoms with Gasteiger partial charge in [0.2, 0.25) is 0 Å². The Kier molecular flexibility index (Phi) is 6.23. The van der Waals surface area contributed by atoms with E-state index in [1.165, 1.54) is 0 Å². The predicted molar refractivity (Wildman–Crippen MR) is 134 cm³/mol. The quantitative estimate of drug-likeness (QED) is 0.346. The van der Waals surface area contributed by atoms with Crippen LogP contribution in [0.1, 0.15) is 18.4 Å². The summed E-state index contributed by atoms with van der Waals surface area (Å²) in [6, 6.07) is 28.2. The molecule has 0 saturated carbocycles. The lowest BCUT2D eigenvalue weighted by Crippen LogP contribution is -2.39. The molecule has 33 heavy (non-hydrogen) atoms. The second-order valence-electron chi connectivity index (χ2n) is 8.42. The van der Waals surface area contributed by atoms with Crippen molar-refractivity contribution in [2.75, 3.05) is 25.0 Å². The fourth-order valence-electron chi connectivity index (χ4n) is 4.32. The van der Waals surface area contributed by atoms with E-state index in [-0.39, 0.29) is 5.63 Å². The van der Waals surface area contributed by atoms with Crippen molar-refractivity contribution in [2.45, 2.75) is 18.9 Å². The molecule has 0 unspecified atom stereocenters. The minimum Gasteiger partial charge on any atom is -0.423 e. The highest BCUT2D eigenvalue weighted by molar-refractivity contribution is 5.93. The summed E-state index contributed by atoms with van der Waals surface area (Å²) in [7, 11) is 0. The first-order valence-corrected chi connectivity index (χ1v) is 11.4. The van der Waals surface area contributed by atoms with Crippen LogP contribution in [0.5, 0.6) is 0 Å². The van der Waals surface area contributed by atoms with Crippen LogP contribution in [-0.2, 0) is 0 Å². The van der Waals surface area contributed by atoms with Gasteiger partial charge in [-0.15, -0.1) is 0 Å². The summed E-state index contributed by atoms with van der Waals surface area (Å²) >= 11 is 0. The van der Waals surface area contributed by atoms with Crippen LogP contribution in [-0.4, -0.2) is 30.6 Å². The molecule has 5 rings (SSSR count). The first-order chi connectivity index (χ1) is 16.2. The number of benzene rings is 3. The Labute approximate surface area is 193 Å². The maximum absolute atomic E-state index is 12.2. The molecular formula is C29H26N2O2. The van der Waals surface area contributed by atoms with Crippen LogP contribution in [0, 0.1) is 11.8 Å². The third-order valence-corrected chi connectivity index (χ3v) is 6.11. The molecule has 0 amide bonds. The van der Waals surface area contributed by atoms with Crippen LogP contribution in [0.3, 0.4) is 0 Å². The van der Waals surface area contributed by atoms with Crippen LogP contribution in [0.2, 0.25) is 0 Å². The van der Waals surface area contributed by atoms with Crippen molar-refractivity contribution in [3.05, 3.63) is 101 Å². The summed E-state index contributed by atoms with van der Waals surface area (Å²) in [6.07, 6.45) is 2.01. The monoisotopic (exact) mass is 434 g/mol. The second kappa shape index (κ2) is 9.77. The highest BCUT2D eigenvalue weighted by atomic mass is 16.4. The van der Waals surface area contributed by atoms with Crippen LogP contribution in [0.15, 0.2) is 94.1 Å². The number of anilines is 1. The number of piperidine rings is 1. The molecule has 2 heterocycles. The molecule has 0 spiro atoms. The predicted octanol–water partition coefficient (Wildman–Crippen LogP) is 5.39. The van der Waals surface area contributed by atoms with E-state index >= 15 is 0 Å². The van der Waals surface area contributed by atoms with Gasteiger partial charge in [0.05, 0.1) is 12.2 Å². The fourth-order valence-corrected chi connectivity index (χ4v) is 4.32. The highest BCUT2D eigenvalue weighted by Gasteiger charge is 2.19. The van der Waals surface area contributed by atoms with Gasteiger partial charge in [0, 0.05) is 36.1 Å². The minimum absolute atomic E-state index is 0.314. The average molecular weight is 435 g/mol. The van der Waals surface area contributed by atoms with Crippen LogP contribution in [0.25, 0.3) is 22.1 Å². The third-order valence-electron chi connectivity index (χ3n) is 6.11. The van der Waals surface area contributed by atoms with Gasteiger partial charge >= 0.3 is 5.63 Å². The summed E-state index contributed by atoms with van der Waals surface area (Å²) in [5.41, 5.74) is 4.43. The SMILES string of the molecule is O=c1cc(NC2CCN(CC#Cc3ccccc3)CC2)c2cc(-c3ccccc3)ccc2o1. The molecule has 0 radical (unpaired) electrons. The first kappa shape index (κ1) is 21.1. The molecule has 1 saturated heterocycles. The van der Waals surface area contributed by atoms with Crippen molar-refractivity contribution >= 4 is 16.7 Å². The van der Waals surface area contributed by atoms with Gasteiger partial charge in [0.15, 0.2) is 0 Å². The van der Waals surface area contributed by atoms with Gasteiger partial charge in [0.1, 0.15) is 5.58 Å². The number of nitrogens with one attached hydrogen (secondary N) is 1. The smallest absolute Gasteiger partial charge is 0.338 e. The Hall–Kier alpha value is -3.81. The lowest BCUT2D eigenvalue weighted by atomic mass is 10.0. The summed E-state index contributed by atoms with van der Waals surface area (Å²) in [4.78, 5) is 14.5. The highest BCUT2D eigenvalue weighted by Crippen LogP contribution is 2.29. The topological polar surface area (TPSA) is 45.5 Å². The van der Waals surface area contributed by atoms with E-state index in [1.807, 2.05) is 60.7 Å². The zero-order valence-electron chi connectivity index (χ0n) is 18.5. The molecule has 0 atom stereocenters. The Morgan fingerprint density at radius 2 is 1.61 bits per heavy atom. The summed E-state index contributed by atoms with van der Waals surface area (Å²) in [5.74, 6) is 6.53. The summed E-state index contributed by atoms with van der Waals surface area (Å²) < 4.78 is 5.46. The molecule has 4 nitrogen and oxygen atoms in total. The van der Waals surface area contributed by atoms with Crippen LogP contribution >= 0.6 is 0 Å². The van der Waals surface area contributed by atoms with E-state index in [0.29, 0.717) is 11.6 Å². The van der Waals surface area contributed by atoms with Crippen molar-refractivity contribution in [1.82, 2.24) is 4.90 Å². The zero-order chi connectivity index (χ0) is 22.5. The van der Waals surface area contributed by atoms with Gasteiger partial charge in [-0.3, -0.25) is 4.90 Å². The molecule has 1 aliphatic rings. The van der Waals surface area contributed by atoms with Gasteiger partial charge in [-0.05, 0) is 48.2 Å². The van der Waals surface area contributed by atoms with Gasteiger partial charge in [0.25, 0.3) is 0 Å². The maximum atomic E-state index is 12.2. The number of nitrogens with zero attached hydrogens (tertiary/aromatic N) is 1. The molecular weight excluding hydrogens is 408 g/mol. The molecule has 0 aliphatic carbocycles. The molecule has 164 valence electrons. The average Bonchev–Trinajstić information content (AvgIpc) is 2.86. The number of hydrogen-bond donors (Lipinski definition) is 1. The number of likely N-dealkylation sites (tertiary alicyclic amines) is 1. The molecule has 4 heteroatoms. The molecule has 1 aliphatic heterocycles. The molecule has 4 aromatic rings. The van der Waals surface area contributed by atoms with Crippen molar-refractivity contribution in [2.24, 2.45) is 0 Å². The van der Waals surface area contributed by atoms with E-state index < -0.39 is 0 Å². The normalized spacial score (nSPS) is 14.5. The summed E-state index contributed by atoms with van der Waals surface area (Å²) in [5, 5.41) is 4.56. The minimum atomic E-state index is -0.328. The van der Waals surface area contributed by atoms with Crippen molar-refractivity contribution in [1.29, 1.82) is 0 Å². The maximum Gasteiger partial charge on any atom is 0.338 e. The molecule has 1 fully saturated rings. The van der Waals surface area contributed by atoms with Gasteiger partial charge in [-0.25, -0.2) is 4.79 Å². The lowest BCUT2D eigenvalue weighted by molar-refractivity contribution is 0.243. The Morgan fingerprint density at radius 3 is 2.36 bits per heavy atom. The Morgan fingerprint density at radius 1 is 0.879 bits per heavy atom. The zero-order valence-corrected chi connectivity index (χ0v) is 18.5. The number of rotatable bonds is 4. The number of fused-ring (bicyclic) bond motifs is 1. The Balaban J connectivity index is 1.27. The van der Waals surface area contributed by atoms with Gasteiger partial charge < -0.3 is 9.73 Å².